The summed E-state index contributed by atoms with van der Waals surface area (Å²) in [6.45, 7) is 3.33. The van der Waals surface area contributed by atoms with E-state index in [2.05, 4.69) is 4.98 Å². The third kappa shape index (κ3) is 2.28. The van der Waals surface area contributed by atoms with Crippen molar-refractivity contribution in [1.82, 2.24) is 4.98 Å². The lowest BCUT2D eigenvalue weighted by Crippen LogP contribution is -2.02. The van der Waals surface area contributed by atoms with Crippen molar-refractivity contribution in [2.45, 2.75) is 13.8 Å². The summed E-state index contributed by atoms with van der Waals surface area (Å²) < 4.78 is 10.9. The van der Waals surface area contributed by atoms with E-state index in [9.17, 15) is 4.79 Å². The number of rotatable bonds is 2. The summed E-state index contributed by atoms with van der Waals surface area (Å²) in [5.41, 5.74) is 3.20. The van der Waals surface area contributed by atoms with Crippen LogP contribution >= 0.6 is 0 Å². The van der Waals surface area contributed by atoms with Crippen molar-refractivity contribution in [3.63, 3.8) is 0 Å². The Hall–Kier alpha value is -2.62. The van der Waals surface area contributed by atoms with Crippen molar-refractivity contribution in [2.75, 3.05) is 0 Å². The van der Waals surface area contributed by atoms with Gasteiger partial charge in [-0.15, -0.1) is 0 Å². The van der Waals surface area contributed by atoms with E-state index in [0.717, 1.165) is 11.1 Å². The molecule has 20 heavy (non-hydrogen) atoms. The van der Waals surface area contributed by atoms with Crippen molar-refractivity contribution in [2.24, 2.45) is 0 Å². The third-order valence-corrected chi connectivity index (χ3v) is 2.91. The van der Waals surface area contributed by atoms with Gasteiger partial charge >= 0.3 is 5.97 Å². The Balaban J connectivity index is 2.16. The normalized spacial score (nSPS) is 10.7. The summed E-state index contributed by atoms with van der Waals surface area (Å²) in [4.78, 5) is 15.6. The zero-order chi connectivity index (χ0) is 14.1. The molecule has 0 aliphatic rings. The van der Waals surface area contributed by atoms with E-state index >= 15 is 0 Å². The number of carbonyl (C=O) groups is 1. The zero-order valence-corrected chi connectivity index (χ0v) is 11.2. The summed E-state index contributed by atoms with van der Waals surface area (Å²) in [7, 11) is 0. The Morgan fingerprint density at radius 1 is 1.20 bits per heavy atom. The third-order valence-electron chi connectivity index (χ3n) is 2.91. The molecule has 0 unspecified atom stereocenters. The fourth-order valence-corrected chi connectivity index (χ4v) is 2.04. The second-order valence-corrected chi connectivity index (χ2v) is 4.58. The molecule has 1 aromatic heterocycles. The summed E-state index contributed by atoms with van der Waals surface area (Å²) in [6.07, 6.45) is 0. The Labute approximate surface area is 116 Å². The van der Waals surface area contributed by atoms with Gasteiger partial charge in [-0.1, -0.05) is 23.8 Å². The molecule has 0 N–H and O–H groups in total. The van der Waals surface area contributed by atoms with E-state index in [0.29, 0.717) is 22.8 Å². The fourth-order valence-electron chi connectivity index (χ4n) is 2.04. The SMILES string of the molecule is CC(=O)Oc1ccc(C)cc1-c1nc2ccccc2o1. The molecule has 3 aromatic rings. The number of esters is 1. The molecular formula is C16H13NO3. The van der Waals surface area contributed by atoms with Crippen molar-refractivity contribution >= 4 is 17.1 Å². The number of aryl methyl sites for hydroxylation is 1. The Morgan fingerprint density at radius 3 is 2.75 bits per heavy atom. The molecule has 0 amide bonds. The minimum Gasteiger partial charge on any atom is -0.436 e. The highest BCUT2D eigenvalue weighted by Gasteiger charge is 2.14. The van der Waals surface area contributed by atoms with Crippen LogP contribution in [0.2, 0.25) is 0 Å². The van der Waals surface area contributed by atoms with Gasteiger partial charge in [-0.25, -0.2) is 4.98 Å². The van der Waals surface area contributed by atoms with Crippen LogP contribution in [0.1, 0.15) is 12.5 Å². The molecular weight excluding hydrogens is 254 g/mol. The van der Waals surface area contributed by atoms with Crippen molar-refractivity contribution in [3.8, 4) is 17.2 Å². The number of nitrogens with zero attached hydrogens (tertiary/aromatic N) is 1. The van der Waals surface area contributed by atoms with Crippen LogP contribution in [0.15, 0.2) is 46.9 Å². The molecule has 0 saturated carbocycles. The molecule has 2 aromatic carbocycles. The van der Waals surface area contributed by atoms with Crippen molar-refractivity contribution in [1.29, 1.82) is 0 Å². The maximum Gasteiger partial charge on any atom is 0.308 e. The molecule has 1 heterocycles. The van der Waals surface area contributed by atoms with Gasteiger partial charge in [0.25, 0.3) is 0 Å². The lowest BCUT2D eigenvalue weighted by molar-refractivity contribution is -0.131. The lowest BCUT2D eigenvalue weighted by atomic mass is 10.1. The van der Waals surface area contributed by atoms with Gasteiger partial charge < -0.3 is 9.15 Å². The van der Waals surface area contributed by atoms with Crippen molar-refractivity contribution in [3.05, 3.63) is 48.0 Å². The molecule has 0 aliphatic carbocycles. The molecule has 0 atom stereocenters. The number of hydrogen-bond acceptors (Lipinski definition) is 4. The molecule has 3 rings (SSSR count). The summed E-state index contributed by atoms with van der Waals surface area (Å²) >= 11 is 0. The lowest BCUT2D eigenvalue weighted by Gasteiger charge is -2.06. The van der Waals surface area contributed by atoms with Gasteiger partial charge in [0, 0.05) is 6.92 Å². The number of aromatic nitrogens is 1. The smallest absolute Gasteiger partial charge is 0.308 e. The van der Waals surface area contributed by atoms with Crippen LogP contribution in [0.25, 0.3) is 22.6 Å². The fraction of sp³-hybridized carbons (Fsp3) is 0.125. The molecule has 0 spiro atoms. The quantitative estimate of drug-likeness (QED) is 0.524. The molecule has 4 nitrogen and oxygen atoms in total. The summed E-state index contributed by atoms with van der Waals surface area (Å²) in [6, 6.07) is 13.0. The van der Waals surface area contributed by atoms with Gasteiger partial charge in [-0.05, 0) is 31.2 Å². The highest BCUT2D eigenvalue weighted by molar-refractivity contribution is 5.79. The average Bonchev–Trinajstić information content (AvgIpc) is 2.84. The molecule has 100 valence electrons. The van der Waals surface area contributed by atoms with Gasteiger partial charge in [-0.2, -0.15) is 0 Å². The number of benzene rings is 2. The van der Waals surface area contributed by atoms with Crippen molar-refractivity contribution < 1.29 is 13.9 Å². The number of hydrogen-bond donors (Lipinski definition) is 0. The molecule has 0 bridgehead atoms. The van der Waals surface area contributed by atoms with Gasteiger partial charge in [0.2, 0.25) is 5.89 Å². The molecule has 4 heteroatoms. The highest BCUT2D eigenvalue weighted by Crippen LogP contribution is 2.32. The number of carbonyl (C=O) groups excluding carboxylic acids is 1. The first-order valence-electron chi connectivity index (χ1n) is 6.28. The molecule has 0 fully saturated rings. The van der Waals surface area contributed by atoms with Gasteiger partial charge in [0.05, 0.1) is 5.56 Å². The van der Waals surface area contributed by atoms with Crippen LogP contribution in [0.3, 0.4) is 0 Å². The van der Waals surface area contributed by atoms with Crippen LogP contribution < -0.4 is 4.74 Å². The minimum atomic E-state index is -0.369. The monoisotopic (exact) mass is 267 g/mol. The zero-order valence-electron chi connectivity index (χ0n) is 11.2. The second-order valence-electron chi connectivity index (χ2n) is 4.58. The van der Waals surface area contributed by atoms with E-state index in [1.165, 1.54) is 6.92 Å². The predicted molar refractivity (Wildman–Crippen MR) is 75.5 cm³/mol. The van der Waals surface area contributed by atoms with Gasteiger partial charge in [0.1, 0.15) is 11.3 Å². The summed E-state index contributed by atoms with van der Waals surface area (Å²) in [5.74, 6) is 0.534. The maximum absolute atomic E-state index is 11.2. The Bertz CT molecular complexity index is 756. The summed E-state index contributed by atoms with van der Waals surface area (Å²) in [5, 5.41) is 0. The van der Waals surface area contributed by atoms with Crippen LogP contribution in [0.4, 0.5) is 0 Å². The maximum atomic E-state index is 11.2. The van der Waals surface area contributed by atoms with Gasteiger partial charge in [-0.3, -0.25) is 4.79 Å². The first-order chi connectivity index (χ1) is 9.63. The molecule has 0 radical (unpaired) electrons. The first kappa shape index (κ1) is 12.4. The highest BCUT2D eigenvalue weighted by atomic mass is 16.5. The number of oxazole rings is 1. The molecule has 0 saturated heterocycles. The minimum absolute atomic E-state index is 0.369. The van der Waals surface area contributed by atoms with Gasteiger partial charge in [0.15, 0.2) is 5.58 Å². The van der Waals surface area contributed by atoms with E-state index < -0.39 is 0 Å². The number of para-hydroxylation sites is 2. The van der Waals surface area contributed by atoms with Crippen LogP contribution in [-0.2, 0) is 4.79 Å². The topological polar surface area (TPSA) is 52.3 Å². The first-order valence-corrected chi connectivity index (χ1v) is 6.28. The average molecular weight is 267 g/mol. The Morgan fingerprint density at radius 2 is 2.00 bits per heavy atom. The van der Waals surface area contributed by atoms with Crippen LogP contribution in [0, 0.1) is 6.92 Å². The standard InChI is InChI=1S/C16H13NO3/c1-10-7-8-14(19-11(2)18)12(9-10)16-17-13-5-3-4-6-15(13)20-16/h3-9H,1-2H3. The van der Waals surface area contributed by atoms with Crippen LogP contribution in [0.5, 0.6) is 5.75 Å². The Kier molecular flexibility index (Phi) is 2.99. The predicted octanol–water partition coefficient (Wildman–Crippen LogP) is 3.73. The van der Waals surface area contributed by atoms with E-state index in [-0.39, 0.29) is 5.97 Å². The number of fused-ring (bicyclic) bond motifs is 1. The van der Waals surface area contributed by atoms with E-state index in [1.807, 2.05) is 43.3 Å². The largest absolute Gasteiger partial charge is 0.436 e. The second kappa shape index (κ2) is 4.81. The number of ether oxygens (including phenoxy) is 1. The van der Waals surface area contributed by atoms with E-state index in [1.54, 1.807) is 6.07 Å². The van der Waals surface area contributed by atoms with Crippen LogP contribution in [-0.4, -0.2) is 11.0 Å². The molecule has 0 aliphatic heterocycles. The van der Waals surface area contributed by atoms with E-state index in [4.69, 9.17) is 9.15 Å².